The summed E-state index contributed by atoms with van der Waals surface area (Å²) in [7, 11) is 0. The van der Waals surface area contributed by atoms with Gasteiger partial charge in [-0.25, -0.2) is 4.79 Å². The molecule has 1 aliphatic rings. The normalized spacial score (nSPS) is 15.7. The lowest BCUT2D eigenvalue weighted by atomic mass is 9.91. The lowest BCUT2D eigenvalue weighted by Crippen LogP contribution is -2.31. The van der Waals surface area contributed by atoms with Crippen molar-refractivity contribution < 1.29 is 18.8 Å². The van der Waals surface area contributed by atoms with Gasteiger partial charge < -0.3 is 14.6 Å². The fourth-order valence-electron chi connectivity index (χ4n) is 4.19. The number of ketones is 1. The van der Waals surface area contributed by atoms with Crippen LogP contribution >= 0.6 is 11.3 Å². The maximum atomic E-state index is 12.8. The molecule has 3 heterocycles. The van der Waals surface area contributed by atoms with Gasteiger partial charge in [0, 0.05) is 47.0 Å². The summed E-state index contributed by atoms with van der Waals surface area (Å²) in [6.07, 6.45) is 6.72. The Kier molecular flexibility index (Phi) is 7.38. The van der Waals surface area contributed by atoms with Gasteiger partial charge in [0.05, 0.1) is 17.8 Å². The minimum absolute atomic E-state index is 0.0687. The molecule has 1 aliphatic carbocycles. The number of alkyl carbamates (subject to hydrolysis) is 1. The zero-order valence-electron chi connectivity index (χ0n) is 19.2. The number of nitriles is 1. The number of nitrogens with zero attached hydrogens (tertiary/aromatic N) is 3. The van der Waals surface area contributed by atoms with Crippen molar-refractivity contribution in [3.63, 3.8) is 0 Å². The Morgan fingerprint density at radius 1 is 1.44 bits per heavy atom. The fraction of sp³-hybridized carbons (Fsp3) is 0.400. The number of ether oxygens (including phenoxy) is 1. The SMILES string of the molecule is Cc1nocc1CNC(=O)OC1CCc2c(sc(CC(=O)CC(C)c3cccnc3)c2C#N)C1. The number of carbonyl (C=O) groups excluding carboxylic acids is 2. The predicted molar refractivity (Wildman–Crippen MR) is 125 cm³/mol. The highest BCUT2D eigenvalue weighted by molar-refractivity contribution is 7.12. The smallest absolute Gasteiger partial charge is 0.407 e. The summed E-state index contributed by atoms with van der Waals surface area (Å²) >= 11 is 1.49. The number of hydrogen-bond donors (Lipinski definition) is 1. The second-order valence-corrected chi connectivity index (χ2v) is 9.76. The van der Waals surface area contributed by atoms with Gasteiger partial charge in [-0.15, -0.1) is 11.3 Å². The highest BCUT2D eigenvalue weighted by Crippen LogP contribution is 2.36. The van der Waals surface area contributed by atoms with E-state index in [2.05, 4.69) is 21.5 Å². The van der Waals surface area contributed by atoms with Crippen LogP contribution in [0.1, 0.15) is 63.4 Å². The standard InChI is InChI=1S/C25H26N4O4S/c1-15(17-4-3-7-27-12-17)8-19(30)9-23-22(11-26)21-6-5-20(10-24(21)34-23)33-25(31)28-13-18-14-32-29-16(18)2/h3-4,7,12,14-15,20H,5-6,8-10,13H2,1-2H3,(H,28,31). The molecule has 34 heavy (non-hydrogen) atoms. The van der Waals surface area contributed by atoms with Crippen LogP contribution in [0.15, 0.2) is 35.3 Å². The number of fused-ring (bicyclic) bond motifs is 1. The fourth-order valence-corrected chi connectivity index (χ4v) is 5.59. The molecule has 2 unspecified atom stereocenters. The first-order valence-electron chi connectivity index (χ1n) is 11.2. The third kappa shape index (κ3) is 5.51. The first-order chi connectivity index (χ1) is 16.4. The van der Waals surface area contributed by atoms with Gasteiger partial charge in [-0.2, -0.15) is 5.26 Å². The molecule has 9 heteroatoms. The first kappa shape index (κ1) is 23.6. The van der Waals surface area contributed by atoms with E-state index in [1.54, 1.807) is 19.3 Å². The minimum Gasteiger partial charge on any atom is -0.446 e. The molecule has 8 nitrogen and oxygen atoms in total. The van der Waals surface area contributed by atoms with Crippen molar-refractivity contribution in [2.75, 3.05) is 0 Å². The average Bonchev–Trinajstić information content (AvgIpc) is 3.39. The van der Waals surface area contributed by atoms with E-state index in [4.69, 9.17) is 9.26 Å². The first-order valence-corrected chi connectivity index (χ1v) is 12.1. The Labute approximate surface area is 201 Å². The second kappa shape index (κ2) is 10.6. The summed E-state index contributed by atoms with van der Waals surface area (Å²) in [5.74, 6) is 0.168. The van der Waals surface area contributed by atoms with Gasteiger partial charge >= 0.3 is 6.09 Å². The Hall–Kier alpha value is -3.51. The summed E-state index contributed by atoms with van der Waals surface area (Å²) < 4.78 is 10.5. The topological polar surface area (TPSA) is 118 Å². The second-order valence-electron chi connectivity index (χ2n) is 8.57. The number of aromatic nitrogens is 2. The van der Waals surface area contributed by atoms with E-state index in [-0.39, 0.29) is 30.8 Å². The molecule has 2 atom stereocenters. The number of nitrogens with one attached hydrogen (secondary N) is 1. The molecule has 0 radical (unpaired) electrons. The number of aryl methyl sites for hydroxylation is 1. The van der Waals surface area contributed by atoms with Gasteiger partial charge in [-0.1, -0.05) is 18.1 Å². The average molecular weight is 479 g/mol. The van der Waals surface area contributed by atoms with Crippen LogP contribution in [0.4, 0.5) is 4.79 Å². The van der Waals surface area contributed by atoms with Gasteiger partial charge in [0.25, 0.3) is 0 Å². The monoisotopic (exact) mass is 478 g/mol. The number of rotatable bonds is 8. The Balaban J connectivity index is 1.35. The highest BCUT2D eigenvalue weighted by atomic mass is 32.1. The van der Waals surface area contributed by atoms with Crippen LogP contribution < -0.4 is 5.32 Å². The molecule has 0 bridgehead atoms. The highest BCUT2D eigenvalue weighted by Gasteiger charge is 2.28. The summed E-state index contributed by atoms with van der Waals surface area (Å²) in [6, 6.07) is 6.14. The van der Waals surface area contributed by atoms with Crippen molar-refractivity contribution >= 4 is 23.2 Å². The van der Waals surface area contributed by atoms with Gasteiger partial charge in [0.2, 0.25) is 0 Å². The Bertz CT molecular complexity index is 1210. The third-order valence-corrected chi connectivity index (χ3v) is 7.35. The maximum Gasteiger partial charge on any atom is 0.407 e. The number of Topliss-reactive ketones (excluding diaryl/α,β-unsaturated/α-hetero) is 1. The largest absolute Gasteiger partial charge is 0.446 e. The molecule has 0 aliphatic heterocycles. The zero-order chi connectivity index (χ0) is 24.1. The van der Waals surface area contributed by atoms with E-state index < -0.39 is 6.09 Å². The van der Waals surface area contributed by atoms with E-state index in [0.717, 1.165) is 32.1 Å². The molecule has 3 aromatic heterocycles. The summed E-state index contributed by atoms with van der Waals surface area (Å²) in [4.78, 5) is 31.0. The molecular weight excluding hydrogens is 452 g/mol. The maximum absolute atomic E-state index is 12.8. The molecule has 0 fully saturated rings. The number of carbonyl (C=O) groups is 2. The summed E-state index contributed by atoms with van der Waals surface area (Å²) in [6.45, 7) is 4.10. The molecule has 3 aromatic rings. The molecular formula is C25H26N4O4S. The van der Waals surface area contributed by atoms with Crippen LogP contribution in [-0.4, -0.2) is 28.1 Å². The van der Waals surface area contributed by atoms with Crippen LogP contribution in [-0.2, 0) is 35.3 Å². The number of amides is 1. The third-order valence-electron chi connectivity index (χ3n) is 6.10. The predicted octanol–water partition coefficient (Wildman–Crippen LogP) is 4.40. The van der Waals surface area contributed by atoms with Crippen LogP contribution in [0, 0.1) is 18.3 Å². The van der Waals surface area contributed by atoms with Crippen molar-refractivity contribution in [2.45, 2.75) is 64.5 Å². The molecule has 1 N–H and O–H groups in total. The van der Waals surface area contributed by atoms with Crippen molar-refractivity contribution in [3.05, 3.63) is 68.5 Å². The van der Waals surface area contributed by atoms with E-state index in [0.29, 0.717) is 31.2 Å². The van der Waals surface area contributed by atoms with Crippen molar-refractivity contribution in [3.8, 4) is 6.07 Å². The minimum atomic E-state index is -0.495. The van der Waals surface area contributed by atoms with E-state index >= 15 is 0 Å². The van der Waals surface area contributed by atoms with Gasteiger partial charge in [-0.3, -0.25) is 9.78 Å². The Morgan fingerprint density at radius 2 is 2.29 bits per heavy atom. The van der Waals surface area contributed by atoms with Crippen molar-refractivity contribution in [1.82, 2.24) is 15.5 Å². The van der Waals surface area contributed by atoms with Crippen LogP contribution in [0.5, 0.6) is 0 Å². The summed E-state index contributed by atoms with van der Waals surface area (Å²) in [5.41, 5.74) is 4.16. The summed E-state index contributed by atoms with van der Waals surface area (Å²) in [5, 5.41) is 16.3. The molecule has 176 valence electrons. The van der Waals surface area contributed by atoms with Gasteiger partial charge in [-0.05, 0) is 42.9 Å². The van der Waals surface area contributed by atoms with Crippen LogP contribution in [0.25, 0.3) is 0 Å². The van der Waals surface area contributed by atoms with E-state index in [1.165, 1.54) is 17.6 Å². The molecule has 4 rings (SSSR count). The number of hydrogen-bond acceptors (Lipinski definition) is 8. The van der Waals surface area contributed by atoms with Crippen LogP contribution in [0.2, 0.25) is 0 Å². The lowest BCUT2D eigenvalue weighted by Gasteiger charge is -2.22. The van der Waals surface area contributed by atoms with Crippen molar-refractivity contribution in [1.29, 1.82) is 5.26 Å². The molecule has 0 saturated heterocycles. The molecule has 0 spiro atoms. The van der Waals surface area contributed by atoms with Crippen molar-refractivity contribution in [2.24, 2.45) is 0 Å². The Morgan fingerprint density at radius 3 is 3.00 bits per heavy atom. The number of pyridine rings is 1. The molecule has 1 amide bonds. The van der Waals surface area contributed by atoms with E-state index in [1.807, 2.05) is 19.1 Å². The van der Waals surface area contributed by atoms with Crippen LogP contribution in [0.3, 0.4) is 0 Å². The van der Waals surface area contributed by atoms with Gasteiger partial charge in [0.15, 0.2) is 0 Å². The van der Waals surface area contributed by atoms with E-state index in [9.17, 15) is 14.9 Å². The lowest BCUT2D eigenvalue weighted by molar-refractivity contribution is -0.118. The quantitative estimate of drug-likeness (QED) is 0.510. The van der Waals surface area contributed by atoms with Gasteiger partial charge in [0.1, 0.15) is 24.2 Å². The molecule has 0 saturated carbocycles. The number of thiophene rings is 1. The zero-order valence-corrected chi connectivity index (χ0v) is 20.0. The molecule has 0 aromatic carbocycles.